The number of benzene rings is 2. The number of hydrogen-bond donors (Lipinski definition) is 0. The molecule has 2 aromatic carbocycles. The lowest BCUT2D eigenvalue weighted by Gasteiger charge is -2.29. The number of hydrogen-bond acceptors (Lipinski definition) is 5. The lowest BCUT2D eigenvalue weighted by molar-refractivity contribution is -0.120. The first-order valence-corrected chi connectivity index (χ1v) is 9.39. The zero-order valence-corrected chi connectivity index (χ0v) is 16.4. The molecule has 3 rings (SSSR count). The van der Waals surface area contributed by atoms with E-state index in [1.807, 2.05) is 18.2 Å². The summed E-state index contributed by atoms with van der Waals surface area (Å²) in [4.78, 5) is 26.3. The van der Waals surface area contributed by atoms with Crippen molar-refractivity contribution in [3.05, 3.63) is 53.6 Å². The van der Waals surface area contributed by atoms with E-state index >= 15 is 0 Å². The Hall–Kier alpha value is -3.02. The van der Waals surface area contributed by atoms with Crippen molar-refractivity contribution in [1.29, 1.82) is 0 Å². The van der Waals surface area contributed by atoms with Crippen molar-refractivity contribution in [1.82, 2.24) is 0 Å². The number of methoxy groups -OCH3 is 1. The van der Waals surface area contributed by atoms with E-state index in [4.69, 9.17) is 14.2 Å². The lowest BCUT2D eigenvalue weighted by Crippen LogP contribution is -2.38. The van der Waals surface area contributed by atoms with Crippen LogP contribution in [-0.2, 0) is 16.0 Å². The fraction of sp³-hybridized carbons (Fsp3) is 0.364. The van der Waals surface area contributed by atoms with Gasteiger partial charge in [-0.15, -0.1) is 0 Å². The van der Waals surface area contributed by atoms with E-state index in [1.54, 1.807) is 50.1 Å². The highest BCUT2D eigenvalue weighted by molar-refractivity contribution is 5.95. The molecule has 1 heterocycles. The van der Waals surface area contributed by atoms with Gasteiger partial charge in [0.2, 0.25) is 0 Å². The number of carbonyl (C=O) groups excluding carboxylic acids is 2. The Labute approximate surface area is 165 Å². The number of carbonyl (C=O) groups is 2. The second-order valence-electron chi connectivity index (χ2n) is 6.91. The summed E-state index contributed by atoms with van der Waals surface area (Å²) in [5.74, 6) is 0.842. The van der Waals surface area contributed by atoms with Gasteiger partial charge in [-0.2, -0.15) is 0 Å². The average molecular weight is 383 g/mol. The maximum Gasteiger partial charge on any atom is 0.338 e. The smallest absolute Gasteiger partial charge is 0.338 e. The molecule has 148 valence electrons. The summed E-state index contributed by atoms with van der Waals surface area (Å²) in [5, 5.41) is 0. The summed E-state index contributed by atoms with van der Waals surface area (Å²) in [6, 6.07) is 12.4. The highest BCUT2D eigenvalue weighted by atomic mass is 16.5. The van der Waals surface area contributed by atoms with Crippen LogP contribution in [0.2, 0.25) is 0 Å². The minimum Gasteiger partial charge on any atom is -0.497 e. The molecule has 28 heavy (non-hydrogen) atoms. The number of nitrogens with zero attached hydrogens (tertiary/aromatic N) is 1. The van der Waals surface area contributed by atoms with Gasteiger partial charge in [-0.05, 0) is 74.7 Å². The molecule has 2 aromatic rings. The predicted molar refractivity (Wildman–Crippen MR) is 106 cm³/mol. The summed E-state index contributed by atoms with van der Waals surface area (Å²) >= 11 is 0. The van der Waals surface area contributed by atoms with Gasteiger partial charge in [0.15, 0.2) is 6.61 Å². The minimum absolute atomic E-state index is 0.0682. The molecule has 1 aliphatic heterocycles. The van der Waals surface area contributed by atoms with Gasteiger partial charge in [-0.25, -0.2) is 4.79 Å². The van der Waals surface area contributed by atoms with Crippen molar-refractivity contribution in [2.75, 3.05) is 25.2 Å². The standard InChI is InChI=1S/C22H25NO5/c1-15(2)28-22(25)16-6-8-18(9-7-16)27-14-21(24)23-12-4-5-17-13-19(26-3)10-11-20(17)23/h6-11,13,15H,4-5,12,14H2,1-3H3. The second kappa shape index (κ2) is 8.78. The Balaban J connectivity index is 1.61. The van der Waals surface area contributed by atoms with Gasteiger partial charge in [-0.1, -0.05) is 0 Å². The summed E-state index contributed by atoms with van der Waals surface area (Å²) in [6.45, 7) is 4.20. The van der Waals surface area contributed by atoms with Crippen LogP contribution in [0, 0.1) is 0 Å². The predicted octanol–water partition coefficient (Wildman–Crippen LogP) is 3.62. The quantitative estimate of drug-likeness (QED) is 0.713. The Morgan fingerprint density at radius 3 is 2.46 bits per heavy atom. The van der Waals surface area contributed by atoms with E-state index < -0.39 is 0 Å². The van der Waals surface area contributed by atoms with Gasteiger partial charge in [0.25, 0.3) is 5.91 Å². The van der Waals surface area contributed by atoms with Crippen molar-refractivity contribution >= 4 is 17.6 Å². The molecule has 0 unspecified atom stereocenters. The van der Waals surface area contributed by atoms with Crippen LogP contribution in [0.15, 0.2) is 42.5 Å². The SMILES string of the molecule is COc1ccc2c(c1)CCCN2C(=O)COc1ccc(C(=O)OC(C)C)cc1. The van der Waals surface area contributed by atoms with E-state index in [0.29, 0.717) is 17.9 Å². The van der Waals surface area contributed by atoms with Crippen LogP contribution in [0.1, 0.15) is 36.2 Å². The molecule has 0 fully saturated rings. The first-order valence-electron chi connectivity index (χ1n) is 9.39. The van der Waals surface area contributed by atoms with Crippen LogP contribution < -0.4 is 14.4 Å². The Morgan fingerprint density at radius 1 is 1.07 bits per heavy atom. The Kier molecular flexibility index (Phi) is 6.19. The van der Waals surface area contributed by atoms with Crippen molar-refractivity contribution in [2.45, 2.75) is 32.8 Å². The van der Waals surface area contributed by atoms with Gasteiger partial charge in [-0.3, -0.25) is 4.79 Å². The highest BCUT2D eigenvalue weighted by Gasteiger charge is 2.23. The molecule has 6 heteroatoms. The van der Waals surface area contributed by atoms with Gasteiger partial charge in [0, 0.05) is 12.2 Å². The van der Waals surface area contributed by atoms with Crippen LogP contribution in [0.4, 0.5) is 5.69 Å². The number of esters is 1. The maximum absolute atomic E-state index is 12.7. The molecular weight excluding hydrogens is 358 g/mol. The molecule has 0 N–H and O–H groups in total. The molecule has 0 aromatic heterocycles. The fourth-order valence-electron chi connectivity index (χ4n) is 3.15. The van der Waals surface area contributed by atoms with Gasteiger partial charge >= 0.3 is 5.97 Å². The fourth-order valence-corrected chi connectivity index (χ4v) is 3.15. The van der Waals surface area contributed by atoms with Crippen LogP contribution >= 0.6 is 0 Å². The molecule has 0 saturated carbocycles. The van der Waals surface area contributed by atoms with Crippen molar-refractivity contribution < 1.29 is 23.8 Å². The van der Waals surface area contributed by atoms with Crippen LogP contribution in [-0.4, -0.2) is 38.2 Å². The zero-order chi connectivity index (χ0) is 20.1. The highest BCUT2D eigenvalue weighted by Crippen LogP contribution is 2.30. The molecule has 1 aliphatic rings. The molecule has 0 atom stereocenters. The number of aryl methyl sites for hydroxylation is 1. The second-order valence-corrected chi connectivity index (χ2v) is 6.91. The number of rotatable bonds is 6. The van der Waals surface area contributed by atoms with Crippen molar-refractivity contribution in [3.63, 3.8) is 0 Å². The molecule has 0 aliphatic carbocycles. The van der Waals surface area contributed by atoms with Gasteiger partial charge < -0.3 is 19.1 Å². The third kappa shape index (κ3) is 4.63. The third-order valence-electron chi connectivity index (χ3n) is 4.50. The monoisotopic (exact) mass is 383 g/mol. The number of ether oxygens (including phenoxy) is 3. The van der Waals surface area contributed by atoms with Gasteiger partial charge in [0.05, 0.1) is 18.8 Å². The molecule has 0 bridgehead atoms. The van der Waals surface area contributed by atoms with Gasteiger partial charge in [0.1, 0.15) is 11.5 Å². The van der Waals surface area contributed by atoms with E-state index in [1.165, 1.54) is 0 Å². The maximum atomic E-state index is 12.7. The average Bonchev–Trinajstić information content (AvgIpc) is 2.71. The molecular formula is C22H25NO5. The molecule has 6 nitrogen and oxygen atoms in total. The summed E-state index contributed by atoms with van der Waals surface area (Å²) in [6.07, 6.45) is 1.65. The summed E-state index contributed by atoms with van der Waals surface area (Å²) in [7, 11) is 1.63. The molecule has 0 spiro atoms. The lowest BCUT2D eigenvalue weighted by atomic mass is 10.0. The first-order chi connectivity index (χ1) is 13.5. The molecule has 0 saturated heterocycles. The number of anilines is 1. The first kappa shape index (κ1) is 19.7. The topological polar surface area (TPSA) is 65.1 Å². The summed E-state index contributed by atoms with van der Waals surface area (Å²) < 4.78 is 16.1. The molecule has 0 radical (unpaired) electrons. The largest absolute Gasteiger partial charge is 0.497 e. The van der Waals surface area contributed by atoms with Crippen LogP contribution in [0.5, 0.6) is 11.5 Å². The van der Waals surface area contributed by atoms with E-state index in [2.05, 4.69) is 0 Å². The van der Waals surface area contributed by atoms with Crippen LogP contribution in [0.25, 0.3) is 0 Å². The Bertz CT molecular complexity index is 845. The van der Waals surface area contributed by atoms with E-state index in [-0.39, 0.29) is 24.6 Å². The van der Waals surface area contributed by atoms with E-state index in [0.717, 1.165) is 29.8 Å². The van der Waals surface area contributed by atoms with E-state index in [9.17, 15) is 9.59 Å². The number of fused-ring (bicyclic) bond motifs is 1. The number of amides is 1. The third-order valence-corrected chi connectivity index (χ3v) is 4.50. The minimum atomic E-state index is -0.377. The summed E-state index contributed by atoms with van der Waals surface area (Å²) in [5.41, 5.74) is 2.46. The van der Waals surface area contributed by atoms with Crippen molar-refractivity contribution in [2.24, 2.45) is 0 Å². The normalized spacial score (nSPS) is 13.1. The zero-order valence-electron chi connectivity index (χ0n) is 16.4. The van der Waals surface area contributed by atoms with Crippen LogP contribution in [0.3, 0.4) is 0 Å². The van der Waals surface area contributed by atoms with Crippen molar-refractivity contribution in [3.8, 4) is 11.5 Å². The molecule has 1 amide bonds. The Morgan fingerprint density at radius 2 is 1.79 bits per heavy atom.